The van der Waals surface area contributed by atoms with Crippen LogP contribution in [0.15, 0.2) is 58.5 Å². The van der Waals surface area contributed by atoms with Crippen molar-refractivity contribution in [2.45, 2.75) is 19.0 Å². The molecule has 0 unspecified atom stereocenters. The zero-order chi connectivity index (χ0) is 22.0. The summed E-state index contributed by atoms with van der Waals surface area (Å²) in [7, 11) is 1.59. The molecule has 158 valence electrons. The largest absolute Gasteiger partial charge is 0.497 e. The van der Waals surface area contributed by atoms with E-state index in [-0.39, 0.29) is 11.3 Å². The highest BCUT2D eigenvalue weighted by atomic mass is 32.2. The molecule has 0 amide bonds. The number of methoxy groups -OCH3 is 1. The van der Waals surface area contributed by atoms with E-state index < -0.39 is 5.97 Å². The predicted molar refractivity (Wildman–Crippen MR) is 118 cm³/mol. The summed E-state index contributed by atoms with van der Waals surface area (Å²) in [6.45, 7) is 3.96. The number of carbonyl (C=O) groups is 1. The van der Waals surface area contributed by atoms with Gasteiger partial charge in [0.25, 0.3) is 5.56 Å². The molecule has 0 aliphatic carbocycles. The minimum Gasteiger partial charge on any atom is -0.497 e. The van der Waals surface area contributed by atoms with Gasteiger partial charge in [-0.25, -0.2) is 14.5 Å². The number of thioether (sulfide) groups is 1. The zero-order valence-corrected chi connectivity index (χ0v) is 18.0. The minimum atomic E-state index is -0.416. The average molecular weight is 436 g/mol. The fraction of sp³-hybridized carbons (Fsp3) is 0.182. The molecule has 0 aliphatic rings. The third kappa shape index (κ3) is 4.61. The molecule has 4 rings (SSSR count). The molecule has 1 N–H and O–H groups in total. The number of nitrogens with zero attached hydrogens (tertiary/aromatic N) is 3. The maximum Gasteiger partial charge on any atom is 0.321 e. The minimum absolute atomic E-state index is 0.0152. The third-order valence-corrected chi connectivity index (χ3v) is 5.61. The van der Waals surface area contributed by atoms with Crippen molar-refractivity contribution in [1.29, 1.82) is 0 Å². The number of fused-ring (bicyclic) bond motifs is 1. The molecule has 0 saturated heterocycles. The normalized spacial score (nSPS) is 10.9. The summed E-state index contributed by atoms with van der Waals surface area (Å²) in [4.78, 5) is 33.2. The monoisotopic (exact) mass is 436 g/mol. The van der Waals surface area contributed by atoms with Crippen molar-refractivity contribution in [2.75, 3.05) is 12.9 Å². The van der Waals surface area contributed by atoms with Crippen LogP contribution >= 0.6 is 11.8 Å². The lowest BCUT2D eigenvalue weighted by atomic mass is 10.1. The van der Waals surface area contributed by atoms with E-state index in [4.69, 9.17) is 9.47 Å². The average Bonchev–Trinajstić information content (AvgIpc) is 3.15. The van der Waals surface area contributed by atoms with Crippen molar-refractivity contribution in [3.63, 3.8) is 0 Å². The van der Waals surface area contributed by atoms with E-state index in [9.17, 15) is 9.59 Å². The summed E-state index contributed by atoms with van der Waals surface area (Å²) in [6, 6.07) is 14.2. The molecule has 9 heteroatoms. The SMILES string of the molecule is COc1ccc(-c2nc(SCC(=O)Oc3ccc(C)c(C)c3)n3[nH]c(=O)cc3n2)cc1. The molecular weight excluding hydrogens is 416 g/mol. The summed E-state index contributed by atoms with van der Waals surface area (Å²) < 4.78 is 12.1. The molecule has 0 atom stereocenters. The Balaban J connectivity index is 1.57. The van der Waals surface area contributed by atoms with Crippen molar-refractivity contribution in [2.24, 2.45) is 0 Å². The van der Waals surface area contributed by atoms with Crippen LogP contribution in [0, 0.1) is 13.8 Å². The number of nitrogens with one attached hydrogen (secondary N) is 1. The second-order valence-electron chi connectivity index (χ2n) is 6.88. The Kier molecular flexibility index (Phi) is 5.77. The number of aromatic nitrogens is 4. The van der Waals surface area contributed by atoms with E-state index >= 15 is 0 Å². The van der Waals surface area contributed by atoms with Crippen LogP contribution in [0.1, 0.15) is 11.1 Å². The molecule has 0 saturated carbocycles. The maximum absolute atomic E-state index is 12.4. The second-order valence-corrected chi connectivity index (χ2v) is 7.82. The van der Waals surface area contributed by atoms with Gasteiger partial charge < -0.3 is 9.47 Å². The molecule has 0 bridgehead atoms. The van der Waals surface area contributed by atoms with E-state index in [2.05, 4.69) is 15.1 Å². The maximum atomic E-state index is 12.4. The van der Waals surface area contributed by atoms with Crippen molar-refractivity contribution < 1.29 is 14.3 Å². The van der Waals surface area contributed by atoms with Crippen LogP contribution in [0.3, 0.4) is 0 Å². The standard InChI is InChI=1S/C22H20N4O4S/c1-13-4-7-17(10-14(13)2)30-20(28)12-31-22-24-21(15-5-8-16(29-3)9-6-15)23-18-11-19(27)25-26(18)22/h4-11H,12H2,1-3H3,(H,25,27). The lowest BCUT2D eigenvalue weighted by Gasteiger charge is -2.09. The molecule has 2 aromatic heterocycles. The van der Waals surface area contributed by atoms with Crippen LogP contribution in [0.4, 0.5) is 0 Å². The van der Waals surface area contributed by atoms with Gasteiger partial charge in [-0.05, 0) is 61.4 Å². The topological polar surface area (TPSA) is 98.6 Å². The highest BCUT2D eigenvalue weighted by Crippen LogP contribution is 2.24. The number of rotatable bonds is 6. The van der Waals surface area contributed by atoms with Gasteiger partial charge in [0.15, 0.2) is 16.6 Å². The number of esters is 1. The van der Waals surface area contributed by atoms with Gasteiger partial charge in [-0.15, -0.1) is 0 Å². The van der Waals surface area contributed by atoms with Gasteiger partial charge in [-0.3, -0.25) is 14.7 Å². The molecule has 0 aliphatic heterocycles. The highest BCUT2D eigenvalue weighted by molar-refractivity contribution is 7.99. The first-order valence-corrected chi connectivity index (χ1v) is 10.5. The van der Waals surface area contributed by atoms with Crippen LogP contribution in [0.2, 0.25) is 0 Å². The van der Waals surface area contributed by atoms with E-state index in [1.165, 1.54) is 10.6 Å². The first-order valence-electron chi connectivity index (χ1n) is 9.48. The summed E-state index contributed by atoms with van der Waals surface area (Å²) >= 11 is 1.16. The van der Waals surface area contributed by atoms with Gasteiger partial charge in [0.05, 0.1) is 12.9 Å². The summed E-state index contributed by atoms with van der Waals surface area (Å²) in [5.74, 6) is 1.25. The molecule has 0 radical (unpaired) electrons. The third-order valence-electron chi connectivity index (χ3n) is 4.70. The fourth-order valence-corrected chi connectivity index (χ4v) is 3.64. The predicted octanol–water partition coefficient (Wildman–Crippen LogP) is 3.41. The molecule has 0 spiro atoms. The van der Waals surface area contributed by atoms with Gasteiger partial charge in [0, 0.05) is 11.6 Å². The molecule has 31 heavy (non-hydrogen) atoms. The first-order chi connectivity index (χ1) is 14.9. The van der Waals surface area contributed by atoms with Crippen molar-refractivity contribution in [3.05, 3.63) is 70.0 Å². The van der Waals surface area contributed by atoms with E-state index in [0.717, 1.165) is 28.5 Å². The first kappa shape index (κ1) is 20.7. The Bertz CT molecular complexity index is 1310. The molecule has 2 aromatic carbocycles. The van der Waals surface area contributed by atoms with E-state index in [1.54, 1.807) is 25.3 Å². The Hall–Kier alpha value is -3.59. The Morgan fingerprint density at radius 1 is 1.03 bits per heavy atom. The van der Waals surface area contributed by atoms with Crippen LogP contribution in [0.25, 0.3) is 17.0 Å². The quantitative estimate of drug-likeness (QED) is 0.281. The van der Waals surface area contributed by atoms with Crippen LogP contribution in [0.5, 0.6) is 11.5 Å². The Labute approximate surface area is 182 Å². The second kappa shape index (κ2) is 8.65. The Morgan fingerprint density at radius 2 is 1.77 bits per heavy atom. The lowest BCUT2D eigenvalue weighted by molar-refractivity contribution is -0.131. The number of ether oxygens (including phenoxy) is 2. The number of hydrogen-bond acceptors (Lipinski definition) is 7. The molecular formula is C22H20N4O4S. The summed E-state index contributed by atoms with van der Waals surface area (Å²) in [5.41, 5.74) is 3.04. The molecule has 8 nitrogen and oxygen atoms in total. The summed E-state index contributed by atoms with van der Waals surface area (Å²) in [5, 5.41) is 3.08. The number of carbonyl (C=O) groups excluding carboxylic acids is 1. The van der Waals surface area contributed by atoms with Crippen LogP contribution in [-0.4, -0.2) is 38.4 Å². The van der Waals surface area contributed by atoms with Crippen LogP contribution < -0.4 is 15.0 Å². The number of H-pyrrole nitrogens is 1. The van der Waals surface area contributed by atoms with Gasteiger partial charge in [-0.2, -0.15) is 0 Å². The molecule has 2 heterocycles. The Morgan fingerprint density at radius 3 is 2.48 bits per heavy atom. The number of hydrogen-bond donors (Lipinski definition) is 1. The highest BCUT2D eigenvalue weighted by Gasteiger charge is 2.14. The smallest absolute Gasteiger partial charge is 0.321 e. The number of aryl methyl sites for hydroxylation is 2. The van der Waals surface area contributed by atoms with Gasteiger partial charge in [0.2, 0.25) is 0 Å². The lowest BCUT2D eigenvalue weighted by Crippen LogP contribution is -2.12. The van der Waals surface area contributed by atoms with Gasteiger partial charge >= 0.3 is 5.97 Å². The number of aromatic amines is 1. The van der Waals surface area contributed by atoms with Crippen molar-refractivity contribution in [1.82, 2.24) is 19.6 Å². The van der Waals surface area contributed by atoms with Crippen molar-refractivity contribution >= 4 is 23.4 Å². The fourth-order valence-electron chi connectivity index (χ4n) is 2.91. The van der Waals surface area contributed by atoms with Crippen molar-refractivity contribution in [3.8, 4) is 22.9 Å². The van der Waals surface area contributed by atoms with Crippen LogP contribution in [-0.2, 0) is 4.79 Å². The number of benzene rings is 2. The van der Waals surface area contributed by atoms with Gasteiger partial charge in [0.1, 0.15) is 11.5 Å². The zero-order valence-electron chi connectivity index (χ0n) is 17.2. The van der Waals surface area contributed by atoms with E-state index in [0.29, 0.717) is 28.1 Å². The van der Waals surface area contributed by atoms with E-state index in [1.807, 2.05) is 38.1 Å². The molecule has 4 aromatic rings. The van der Waals surface area contributed by atoms with Gasteiger partial charge in [-0.1, -0.05) is 17.8 Å². The molecule has 0 fully saturated rings. The summed E-state index contributed by atoms with van der Waals surface area (Å²) in [6.07, 6.45) is 0.